The number of anilines is 1. The molecule has 0 aliphatic rings. The summed E-state index contributed by atoms with van der Waals surface area (Å²) in [6.45, 7) is -1.34. The number of nitrogen functional groups attached to an aromatic ring is 1. The van der Waals surface area contributed by atoms with E-state index in [1.165, 1.54) is 73.8 Å². The molecule has 58 heavy (non-hydrogen) atoms. The first kappa shape index (κ1) is 46.3. The van der Waals surface area contributed by atoms with Crippen LogP contribution in [0.4, 0.5) is 28.4 Å². The van der Waals surface area contributed by atoms with Gasteiger partial charge in [0.15, 0.2) is 37.7 Å². The quantitative estimate of drug-likeness (QED) is 0.0124. The summed E-state index contributed by atoms with van der Waals surface area (Å²) >= 11 is 0.672. The molecule has 0 heterocycles. The number of amides is 1. The van der Waals surface area contributed by atoms with Crippen LogP contribution in [-0.4, -0.2) is 100 Å². The van der Waals surface area contributed by atoms with Crippen LogP contribution in [0, 0.1) is 0 Å². The average Bonchev–Trinajstić information content (AvgIpc) is 3.17. The molecular formula is C30H32N6O17S5. The normalized spacial score (nSPS) is 12.6. The Morgan fingerprint density at radius 2 is 1.48 bits per heavy atom. The Labute approximate surface area is 338 Å². The number of hydrogen-bond acceptors (Lipinski definition) is 23. The van der Waals surface area contributed by atoms with E-state index in [0.29, 0.717) is 12.0 Å². The van der Waals surface area contributed by atoms with Gasteiger partial charge in [-0.25, -0.2) is 31.5 Å². The molecule has 4 aromatic rings. The zero-order chi connectivity index (χ0) is 42.5. The van der Waals surface area contributed by atoms with Gasteiger partial charge in [-0.05, 0) is 60.7 Å². The number of phenols is 1. The number of azo groups is 2. The number of rotatable bonds is 22. The van der Waals surface area contributed by atoms with Gasteiger partial charge in [-0.1, -0.05) is 16.1 Å². The Bertz CT molecular complexity index is 2470. The third-order valence-corrected chi connectivity index (χ3v) is 12.2. The first-order chi connectivity index (χ1) is 27.4. The van der Waals surface area contributed by atoms with Crippen molar-refractivity contribution >= 4 is 99.6 Å². The van der Waals surface area contributed by atoms with Crippen LogP contribution in [-0.2, 0) is 57.2 Å². The lowest BCUT2D eigenvalue weighted by Crippen LogP contribution is -2.32. The first-order valence-electron chi connectivity index (χ1n) is 15.8. The predicted octanol–water partition coefficient (Wildman–Crippen LogP) is 5.47. The largest absolute Gasteiger partial charge is 0.505 e. The molecule has 0 bridgehead atoms. The lowest BCUT2D eigenvalue weighted by atomic mass is 10.1. The first-order valence-corrected chi connectivity index (χ1v) is 22.0. The fraction of sp³-hybridized carbons (Fsp3) is 0.233. The number of carbonyl (C=O) groups excluding carboxylic acids is 1. The molecule has 4 rings (SSSR count). The summed E-state index contributed by atoms with van der Waals surface area (Å²) in [6, 6.07) is 15.5. The van der Waals surface area contributed by atoms with Crippen molar-refractivity contribution in [2.45, 2.75) is 9.79 Å². The molecule has 6 N–H and O–H groups in total. The van der Waals surface area contributed by atoms with Crippen molar-refractivity contribution in [3.8, 4) is 5.75 Å². The fourth-order valence-electron chi connectivity index (χ4n) is 4.68. The molecule has 314 valence electrons. The highest BCUT2D eigenvalue weighted by Crippen LogP contribution is 2.47. The van der Waals surface area contributed by atoms with Gasteiger partial charge in [0, 0.05) is 29.9 Å². The van der Waals surface area contributed by atoms with Crippen LogP contribution in [0.3, 0.4) is 0 Å². The maximum absolute atomic E-state index is 13.1. The van der Waals surface area contributed by atoms with Crippen molar-refractivity contribution in [1.29, 1.82) is 0 Å². The van der Waals surface area contributed by atoms with Crippen LogP contribution in [0.2, 0.25) is 0 Å². The number of carbonyl (C=O) groups is 1. The third kappa shape index (κ3) is 13.6. The molecule has 4 aromatic carbocycles. The molecule has 0 saturated carbocycles. The van der Waals surface area contributed by atoms with Gasteiger partial charge in [-0.2, -0.15) is 18.6 Å². The van der Waals surface area contributed by atoms with Gasteiger partial charge in [0.25, 0.3) is 5.91 Å². The molecule has 0 saturated heterocycles. The van der Waals surface area contributed by atoms with Crippen molar-refractivity contribution in [3.63, 3.8) is 0 Å². The molecule has 0 unspecified atom stereocenters. The molecule has 23 nitrogen and oxygen atoms in total. The zero-order valence-corrected chi connectivity index (χ0v) is 33.6. The SMILES string of the molecule is CN(CCS(=O)(=O)CCOS(=O)(=O)O)C(=O)c1cccc(N=Nc2c(SOOO)cc3c(N=Nc4ccc(S(=O)(=O)CCOSOOO)cc4)c(N)ccc3c2O)c1. The number of phenolic OH excluding ortho intramolecular Hbond substituents is 1. The highest BCUT2D eigenvalue weighted by Gasteiger charge is 2.21. The monoisotopic (exact) mass is 908 g/mol. The van der Waals surface area contributed by atoms with Crippen LogP contribution in [0.15, 0.2) is 97.0 Å². The molecule has 28 heteroatoms. The summed E-state index contributed by atoms with van der Waals surface area (Å²) in [6.07, 6.45) is 0. The summed E-state index contributed by atoms with van der Waals surface area (Å²) in [4.78, 5) is 14.2. The molecule has 0 spiro atoms. The number of nitrogens with zero attached hydrogens (tertiary/aromatic N) is 5. The number of nitrogens with two attached hydrogens (primary N) is 1. The summed E-state index contributed by atoms with van der Waals surface area (Å²) in [5, 5.41) is 52.4. The van der Waals surface area contributed by atoms with Gasteiger partial charge in [-0.15, -0.1) is 18.9 Å². The van der Waals surface area contributed by atoms with Crippen molar-refractivity contribution in [1.82, 2.24) is 4.90 Å². The molecule has 0 aliphatic carbocycles. The van der Waals surface area contributed by atoms with E-state index in [4.69, 9.17) is 25.0 Å². The second-order valence-corrected chi connectivity index (χ2v) is 18.1. The minimum atomic E-state index is -4.81. The van der Waals surface area contributed by atoms with E-state index in [9.17, 15) is 35.2 Å². The minimum Gasteiger partial charge on any atom is -0.505 e. The summed E-state index contributed by atoms with van der Waals surface area (Å²) in [5.74, 6) is -2.69. The fourth-order valence-corrected chi connectivity index (χ4v) is 8.06. The maximum Gasteiger partial charge on any atom is 0.397 e. The molecule has 0 fully saturated rings. The lowest BCUT2D eigenvalue weighted by Gasteiger charge is -2.17. The smallest absolute Gasteiger partial charge is 0.397 e. The van der Waals surface area contributed by atoms with Gasteiger partial charge in [0.05, 0.1) is 69.4 Å². The minimum absolute atomic E-state index is 0.0346. The van der Waals surface area contributed by atoms with Gasteiger partial charge in [0.2, 0.25) is 0 Å². The Balaban J connectivity index is 1.55. The van der Waals surface area contributed by atoms with E-state index in [0.717, 1.165) is 4.90 Å². The maximum atomic E-state index is 13.1. The predicted molar refractivity (Wildman–Crippen MR) is 205 cm³/mol. The second-order valence-electron chi connectivity index (χ2n) is 11.3. The Kier molecular flexibility index (Phi) is 16.8. The van der Waals surface area contributed by atoms with E-state index < -0.39 is 65.6 Å². The van der Waals surface area contributed by atoms with E-state index in [-0.39, 0.29) is 80.0 Å². The van der Waals surface area contributed by atoms with Crippen LogP contribution in [0.25, 0.3) is 10.8 Å². The highest BCUT2D eigenvalue weighted by atomic mass is 32.3. The van der Waals surface area contributed by atoms with Crippen molar-refractivity contribution in [2.75, 3.05) is 49.8 Å². The van der Waals surface area contributed by atoms with Crippen LogP contribution >= 0.6 is 24.4 Å². The van der Waals surface area contributed by atoms with Crippen molar-refractivity contribution in [2.24, 2.45) is 20.5 Å². The molecule has 0 radical (unpaired) electrons. The molecule has 1 amide bonds. The van der Waals surface area contributed by atoms with Gasteiger partial charge in [0.1, 0.15) is 11.4 Å². The zero-order valence-electron chi connectivity index (χ0n) is 29.5. The third-order valence-electron chi connectivity index (χ3n) is 7.46. The molecule has 0 atom stereocenters. The van der Waals surface area contributed by atoms with Crippen LogP contribution in [0.1, 0.15) is 10.4 Å². The highest BCUT2D eigenvalue weighted by molar-refractivity contribution is 7.94. The Morgan fingerprint density at radius 1 is 0.793 bits per heavy atom. The number of benzene rings is 4. The van der Waals surface area contributed by atoms with Crippen molar-refractivity contribution in [3.05, 3.63) is 72.3 Å². The van der Waals surface area contributed by atoms with Gasteiger partial charge >= 0.3 is 10.4 Å². The Morgan fingerprint density at radius 3 is 2.17 bits per heavy atom. The number of hydrogen-bond donors (Lipinski definition) is 5. The molecule has 0 aromatic heterocycles. The summed E-state index contributed by atoms with van der Waals surface area (Å²) < 4.78 is 97.1. The second kappa shape index (κ2) is 21.0. The Hall–Kier alpha value is -4.40. The standard InChI is InChI=1S/C30H32N6O17S5/c1-36(11-14-56(41,42)15-13-49-58(45,46)47)30(38)19-3-2-4-21(17-19)33-35-28-26(54-52-50-39)18-24-23(29(28)37)9-10-25(31)27(24)34-32-20-5-7-22(8-6-20)57(43,44)16-12-48-55-53-51-40/h2-10,17-18,37,39-40H,11-16,31H2,1H3,(H,45,46,47). The van der Waals surface area contributed by atoms with Crippen molar-refractivity contribution < 1.29 is 77.3 Å². The lowest BCUT2D eigenvalue weighted by molar-refractivity contribution is -0.434. The number of fused-ring (bicyclic) bond motifs is 1. The molecule has 0 aliphatic heterocycles. The number of aromatic hydroxyl groups is 1. The van der Waals surface area contributed by atoms with Gasteiger partial charge in [-0.3, -0.25) is 13.5 Å². The summed E-state index contributed by atoms with van der Waals surface area (Å²) in [5.41, 5.74) is 6.71. The van der Waals surface area contributed by atoms with Crippen LogP contribution < -0.4 is 5.73 Å². The average molecular weight is 909 g/mol. The van der Waals surface area contributed by atoms with E-state index in [1.807, 2.05) is 0 Å². The van der Waals surface area contributed by atoms with Crippen LogP contribution in [0.5, 0.6) is 5.75 Å². The summed E-state index contributed by atoms with van der Waals surface area (Å²) in [7, 11) is -11.1. The van der Waals surface area contributed by atoms with Gasteiger partial charge < -0.3 is 15.7 Å². The van der Waals surface area contributed by atoms with E-state index in [2.05, 4.69) is 43.4 Å². The number of sulfone groups is 2. The van der Waals surface area contributed by atoms with E-state index >= 15 is 0 Å². The molecular weight excluding hydrogens is 877 g/mol. The van der Waals surface area contributed by atoms with E-state index in [1.54, 1.807) is 0 Å². The topological polar surface area (TPSA) is 334 Å².